The lowest BCUT2D eigenvalue weighted by atomic mass is 10.1. The first kappa shape index (κ1) is 8.82. The standard InChI is InChI=1S/C9H13N3/c1-4-5-8(10-2)9-6-12(3)7-11-9/h1,6-8,10H,5H2,2-3H3. The monoisotopic (exact) mass is 163 g/mol. The highest BCUT2D eigenvalue weighted by Crippen LogP contribution is 2.12. The van der Waals surface area contributed by atoms with Gasteiger partial charge in [0.2, 0.25) is 0 Å². The van der Waals surface area contributed by atoms with Gasteiger partial charge >= 0.3 is 0 Å². The second kappa shape index (κ2) is 3.93. The summed E-state index contributed by atoms with van der Waals surface area (Å²) >= 11 is 0. The van der Waals surface area contributed by atoms with Gasteiger partial charge in [-0.3, -0.25) is 0 Å². The molecule has 1 aromatic rings. The van der Waals surface area contributed by atoms with Gasteiger partial charge in [-0.1, -0.05) is 0 Å². The number of nitrogens with one attached hydrogen (secondary N) is 1. The number of nitrogens with zero attached hydrogens (tertiary/aromatic N) is 2. The lowest BCUT2D eigenvalue weighted by molar-refractivity contribution is 0.596. The van der Waals surface area contributed by atoms with E-state index in [1.54, 1.807) is 6.33 Å². The van der Waals surface area contributed by atoms with Crippen LogP contribution in [0, 0.1) is 12.3 Å². The topological polar surface area (TPSA) is 29.9 Å². The van der Waals surface area contributed by atoms with Crippen LogP contribution in [0.15, 0.2) is 12.5 Å². The maximum Gasteiger partial charge on any atom is 0.0947 e. The molecule has 1 N–H and O–H groups in total. The quantitative estimate of drug-likeness (QED) is 0.665. The van der Waals surface area contributed by atoms with Gasteiger partial charge in [-0.25, -0.2) is 4.98 Å². The van der Waals surface area contributed by atoms with Crippen molar-refractivity contribution in [3.8, 4) is 12.3 Å². The summed E-state index contributed by atoms with van der Waals surface area (Å²) in [5.41, 5.74) is 0.998. The minimum Gasteiger partial charge on any atom is -0.340 e. The van der Waals surface area contributed by atoms with E-state index in [9.17, 15) is 0 Å². The van der Waals surface area contributed by atoms with Crippen molar-refractivity contribution in [2.24, 2.45) is 7.05 Å². The molecule has 1 unspecified atom stereocenters. The van der Waals surface area contributed by atoms with E-state index < -0.39 is 0 Å². The minimum absolute atomic E-state index is 0.177. The molecule has 1 atom stereocenters. The van der Waals surface area contributed by atoms with Crippen molar-refractivity contribution in [1.82, 2.24) is 14.9 Å². The van der Waals surface area contributed by atoms with Crippen LogP contribution in [0.4, 0.5) is 0 Å². The third-order valence-electron chi connectivity index (χ3n) is 1.75. The third kappa shape index (κ3) is 1.86. The molecule has 3 nitrogen and oxygen atoms in total. The van der Waals surface area contributed by atoms with Crippen molar-refractivity contribution in [3.05, 3.63) is 18.2 Å². The van der Waals surface area contributed by atoms with Gasteiger partial charge in [0.25, 0.3) is 0 Å². The molecule has 0 fully saturated rings. The van der Waals surface area contributed by atoms with Crippen LogP contribution in [-0.2, 0) is 7.05 Å². The van der Waals surface area contributed by atoms with Gasteiger partial charge in [-0.2, -0.15) is 0 Å². The van der Waals surface area contributed by atoms with Crippen molar-refractivity contribution in [1.29, 1.82) is 0 Å². The lowest BCUT2D eigenvalue weighted by Gasteiger charge is -2.08. The first-order valence-electron chi connectivity index (χ1n) is 3.86. The van der Waals surface area contributed by atoms with Gasteiger partial charge in [0.1, 0.15) is 0 Å². The summed E-state index contributed by atoms with van der Waals surface area (Å²) in [5.74, 6) is 2.61. The molecule has 0 spiro atoms. The van der Waals surface area contributed by atoms with Gasteiger partial charge in [-0.05, 0) is 7.05 Å². The number of aromatic nitrogens is 2. The second-order valence-corrected chi connectivity index (χ2v) is 2.71. The fraction of sp³-hybridized carbons (Fsp3) is 0.444. The van der Waals surface area contributed by atoms with Crippen molar-refractivity contribution in [2.75, 3.05) is 7.05 Å². The lowest BCUT2D eigenvalue weighted by Crippen LogP contribution is -2.15. The third-order valence-corrected chi connectivity index (χ3v) is 1.75. The number of hydrogen-bond acceptors (Lipinski definition) is 2. The Morgan fingerprint density at radius 3 is 3.00 bits per heavy atom. The molecule has 0 amide bonds. The fourth-order valence-corrected chi connectivity index (χ4v) is 1.09. The SMILES string of the molecule is C#CCC(NC)c1cn(C)cn1. The number of aryl methyl sites for hydroxylation is 1. The molecular formula is C9H13N3. The predicted octanol–water partition coefficient (Wildman–Crippen LogP) is 0.704. The van der Waals surface area contributed by atoms with Crippen LogP contribution >= 0.6 is 0 Å². The molecule has 1 rings (SSSR count). The summed E-state index contributed by atoms with van der Waals surface area (Å²) in [6, 6.07) is 0.177. The van der Waals surface area contributed by atoms with E-state index in [-0.39, 0.29) is 6.04 Å². The van der Waals surface area contributed by atoms with Crippen LogP contribution in [0.1, 0.15) is 18.2 Å². The Bertz CT molecular complexity index is 282. The molecule has 0 saturated heterocycles. The number of rotatable bonds is 3. The maximum atomic E-state index is 5.22. The Labute approximate surface area is 72.8 Å². The van der Waals surface area contributed by atoms with Crippen LogP contribution in [0.25, 0.3) is 0 Å². The summed E-state index contributed by atoms with van der Waals surface area (Å²) < 4.78 is 1.91. The molecule has 3 heteroatoms. The number of hydrogen-bond donors (Lipinski definition) is 1. The fourth-order valence-electron chi connectivity index (χ4n) is 1.09. The number of terminal acetylenes is 1. The summed E-state index contributed by atoms with van der Waals surface area (Å²) in [5, 5.41) is 3.11. The van der Waals surface area contributed by atoms with Crippen LogP contribution in [0.2, 0.25) is 0 Å². The summed E-state index contributed by atoms with van der Waals surface area (Å²) in [7, 11) is 3.83. The average molecular weight is 163 g/mol. The van der Waals surface area contributed by atoms with E-state index in [0.29, 0.717) is 6.42 Å². The molecule has 0 aromatic carbocycles. The van der Waals surface area contributed by atoms with Crippen LogP contribution in [0.5, 0.6) is 0 Å². The van der Waals surface area contributed by atoms with Gasteiger partial charge < -0.3 is 9.88 Å². The first-order valence-corrected chi connectivity index (χ1v) is 3.86. The molecule has 0 aliphatic heterocycles. The van der Waals surface area contributed by atoms with Crippen LogP contribution < -0.4 is 5.32 Å². The molecule has 1 heterocycles. The van der Waals surface area contributed by atoms with E-state index in [1.807, 2.05) is 24.9 Å². The van der Waals surface area contributed by atoms with Crippen LogP contribution in [0.3, 0.4) is 0 Å². The number of imidazole rings is 1. The molecule has 0 aliphatic carbocycles. The normalized spacial score (nSPS) is 12.4. The average Bonchev–Trinajstić information content (AvgIpc) is 2.47. The summed E-state index contributed by atoms with van der Waals surface area (Å²) in [6.07, 6.45) is 9.64. The van der Waals surface area contributed by atoms with E-state index in [2.05, 4.69) is 16.2 Å². The molecule has 0 bridgehead atoms. The largest absolute Gasteiger partial charge is 0.340 e. The molecular weight excluding hydrogens is 150 g/mol. The van der Waals surface area contributed by atoms with E-state index in [0.717, 1.165) is 5.69 Å². The highest BCUT2D eigenvalue weighted by atomic mass is 15.0. The molecule has 0 radical (unpaired) electrons. The van der Waals surface area contributed by atoms with E-state index in [4.69, 9.17) is 6.42 Å². The smallest absolute Gasteiger partial charge is 0.0947 e. The van der Waals surface area contributed by atoms with Crippen molar-refractivity contribution < 1.29 is 0 Å². The zero-order valence-electron chi connectivity index (χ0n) is 7.41. The molecule has 64 valence electrons. The molecule has 12 heavy (non-hydrogen) atoms. The van der Waals surface area contributed by atoms with Crippen molar-refractivity contribution in [2.45, 2.75) is 12.5 Å². The van der Waals surface area contributed by atoms with Crippen molar-refractivity contribution in [3.63, 3.8) is 0 Å². The van der Waals surface area contributed by atoms with Gasteiger partial charge in [0.15, 0.2) is 0 Å². The van der Waals surface area contributed by atoms with Gasteiger partial charge in [0.05, 0.1) is 18.1 Å². The van der Waals surface area contributed by atoms with Crippen LogP contribution in [-0.4, -0.2) is 16.6 Å². The predicted molar refractivity (Wildman–Crippen MR) is 48.5 cm³/mol. The Hall–Kier alpha value is -1.27. The second-order valence-electron chi connectivity index (χ2n) is 2.71. The Kier molecular flexibility index (Phi) is 2.89. The Morgan fingerprint density at radius 1 is 1.83 bits per heavy atom. The van der Waals surface area contributed by atoms with Gasteiger partial charge in [0, 0.05) is 19.7 Å². The zero-order valence-corrected chi connectivity index (χ0v) is 7.41. The van der Waals surface area contributed by atoms with E-state index >= 15 is 0 Å². The van der Waals surface area contributed by atoms with Crippen molar-refractivity contribution >= 4 is 0 Å². The molecule has 0 aliphatic rings. The highest BCUT2D eigenvalue weighted by molar-refractivity contribution is 5.07. The minimum atomic E-state index is 0.177. The van der Waals surface area contributed by atoms with Gasteiger partial charge in [-0.15, -0.1) is 12.3 Å². The maximum absolute atomic E-state index is 5.22. The molecule has 1 aromatic heterocycles. The molecule has 0 saturated carbocycles. The summed E-state index contributed by atoms with van der Waals surface area (Å²) in [6.45, 7) is 0. The highest BCUT2D eigenvalue weighted by Gasteiger charge is 2.09. The summed E-state index contributed by atoms with van der Waals surface area (Å²) in [4.78, 5) is 4.21. The van der Waals surface area contributed by atoms with E-state index in [1.165, 1.54) is 0 Å². The Balaban J connectivity index is 2.74. The Morgan fingerprint density at radius 2 is 2.58 bits per heavy atom. The zero-order chi connectivity index (χ0) is 8.97. The first-order chi connectivity index (χ1) is 5.77.